The van der Waals surface area contributed by atoms with Gasteiger partial charge < -0.3 is 9.64 Å². The Morgan fingerprint density at radius 1 is 1.33 bits per heavy atom. The van der Waals surface area contributed by atoms with Gasteiger partial charge in [-0.1, -0.05) is 13.8 Å². The zero-order valence-electron chi connectivity index (χ0n) is 10.2. The monoisotopic (exact) mass is 213 g/mol. The molecule has 0 unspecified atom stereocenters. The lowest BCUT2D eigenvalue weighted by Crippen LogP contribution is -2.39. The van der Waals surface area contributed by atoms with Gasteiger partial charge in [-0.15, -0.1) is 0 Å². The second kappa shape index (κ2) is 6.11. The lowest BCUT2D eigenvalue weighted by Gasteiger charge is -2.34. The van der Waals surface area contributed by atoms with Crippen LogP contribution in [0.3, 0.4) is 0 Å². The van der Waals surface area contributed by atoms with Crippen LogP contribution in [-0.2, 0) is 9.53 Å². The molecule has 1 aliphatic heterocycles. The molecule has 0 aliphatic carbocycles. The first-order valence-electron chi connectivity index (χ1n) is 5.91. The van der Waals surface area contributed by atoms with Crippen LogP contribution in [0.2, 0.25) is 0 Å². The lowest BCUT2D eigenvalue weighted by molar-refractivity contribution is -0.140. The number of carbonyl (C=O) groups excluding carboxylic acids is 1. The standard InChI is InChI=1S/C12H23NO2/c1-10-7-11(2)9-13(8-10)6-4-5-12(14)15-3/h10-11H,4-9H2,1-3H3/t10-,11-/m0/s1. The van der Waals surface area contributed by atoms with Crippen LogP contribution >= 0.6 is 0 Å². The molecule has 1 saturated heterocycles. The van der Waals surface area contributed by atoms with Crippen LogP contribution in [0.4, 0.5) is 0 Å². The number of hydrogen-bond acceptors (Lipinski definition) is 3. The van der Waals surface area contributed by atoms with Gasteiger partial charge in [0.05, 0.1) is 7.11 Å². The van der Waals surface area contributed by atoms with Crippen LogP contribution in [-0.4, -0.2) is 37.6 Å². The Kier molecular flexibility index (Phi) is 5.09. The van der Waals surface area contributed by atoms with E-state index in [1.165, 1.54) is 26.6 Å². The van der Waals surface area contributed by atoms with Gasteiger partial charge in [0.25, 0.3) is 0 Å². The van der Waals surface area contributed by atoms with E-state index >= 15 is 0 Å². The summed E-state index contributed by atoms with van der Waals surface area (Å²) in [7, 11) is 1.45. The van der Waals surface area contributed by atoms with Crippen molar-refractivity contribution in [1.29, 1.82) is 0 Å². The predicted octanol–water partition coefficient (Wildman–Crippen LogP) is 1.92. The van der Waals surface area contributed by atoms with Crippen molar-refractivity contribution >= 4 is 5.97 Å². The molecule has 1 heterocycles. The molecule has 0 radical (unpaired) electrons. The number of rotatable bonds is 4. The van der Waals surface area contributed by atoms with Gasteiger partial charge in [-0.2, -0.15) is 0 Å². The van der Waals surface area contributed by atoms with E-state index in [1.54, 1.807) is 0 Å². The maximum absolute atomic E-state index is 10.9. The minimum Gasteiger partial charge on any atom is -0.469 e. The molecule has 1 fully saturated rings. The van der Waals surface area contributed by atoms with Crippen LogP contribution < -0.4 is 0 Å². The van der Waals surface area contributed by atoms with Crippen LogP contribution in [0.5, 0.6) is 0 Å². The predicted molar refractivity (Wildman–Crippen MR) is 60.6 cm³/mol. The number of ether oxygens (including phenoxy) is 1. The number of likely N-dealkylation sites (tertiary alicyclic amines) is 1. The van der Waals surface area contributed by atoms with Crippen molar-refractivity contribution in [3.8, 4) is 0 Å². The first kappa shape index (κ1) is 12.5. The first-order chi connectivity index (χ1) is 7.11. The Balaban J connectivity index is 2.17. The topological polar surface area (TPSA) is 29.5 Å². The molecule has 2 atom stereocenters. The molecule has 3 nitrogen and oxygen atoms in total. The normalized spacial score (nSPS) is 27.7. The highest BCUT2D eigenvalue weighted by Gasteiger charge is 2.21. The van der Waals surface area contributed by atoms with E-state index < -0.39 is 0 Å². The van der Waals surface area contributed by atoms with Crippen molar-refractivity contribution in [2.45, 2.75) is 33.1 Å². The molecule has 0 aromatic heterocycles. The second-order valence-corrected chi connectivity index (χ2v) is 4.89. The number of methoxy groups -OCH3 is 1. The van der Waals surface area contributed by atoms with E-state index in [2.05, 4.69) is 23.5 Å². The average molecular weight is 213 g/mol. The average Bonchev–Trinajstić information content (AvgIpc) is 2.16. The third-order valence-electron chi connectivity index (χ3n) is 3.03. The molecular weight excluding hydrogens is 190 g/mol. The summed E-state index contributed by atoms with van der Waals surface area (Å²) in [5.41, 5.74) is 0. The van der Waals surface area contributed by atoms with Gasteiger partial charge in [0, 0.05) is 19.5 Å². The molecule has 3 heteroatoms. The Hall–Kier alpha value is -0.570. The molecular formula is C12H23NO2. The van der Waals surface area contributed by atoms with Crippen molar-refractivity contribution < 1.29 is 9.53 Å². The number of esters is 1. The van der Waals surface area contributed by atoms with E-state index in [4.69, 9.17) is 0 Å². The first-order valence-corrected chi connectivity index (χ1v) is 5.91. The Labute approximate surface area is 92.8 Å². The molecule has 0 spiro atoms. The fraction of sp³-hybridized carbons (Fsp3) is 0.917. The van der Waals surface area contributed by atoms with Gasteiger partial charge in [-0.05, 0) is 31.2 Å². The van der Waals surface area contributed by atoms with Gasteiger partial charge in [-0.3, -0.25) is 4.79 Å². The summed E-state index contributed by atoms with van der Waals surface area (Å²) in [6.45, 7) is 8.02. The highest BCUT2D eigenvalue weighted by molar-refractivity contribution is 5.69. The van der Waals surface area contributed by atoms with Crippen molar-refractivity contribution in [1.82, 2.24) is 4.90 Å². The smallest absolute Gasteiger partial charge is 0.305 e. The molecule has 0 aromatic rings. The van der Waals surface area contributed by atoms with Crippen molar-refractivity contribution in [2.75, 3.05) is 26.7 Å². The minimum absolute atomic E-state index is 0.0897. The number of nitrogens with zero attached hydrogens (tertiary/aromatic N) is 1. The molecule has 15 heavy (non-hydrogen) atoms. The van der Waals surface area contributed by atoms with Gasteiger partial charge in [0.1, 0.15) is 0 Å². The van der Waals surface area contributed by atoms with Crippen LogP contribution in [0.15, 0.2) is 0 Å². The summed E-state index contributed by atoms with van der Waals surface area (Å²) < 4.78 is 4.62. The highest BCUT2D eigenvalue weighted by atomic mass is 16.5. The molecule has 0 amide bonds. The maximum atomic E-state index is 10.9. The van der Waals surface area contributed by atoms with E-state index in [1.807, 2.05) is 0 Å². The molecule has 0 aromatic carbocycles. The van der Waals surface area contributed by atoms with E-state index in [-0.39, 0.29) is 5.97 Å². The number of hydrogen-bond donors (Lipinski definition) is 0. The van der Waals surface area contributed by atoms with E-state index in [0.29, 0.717) is 6.42 Å². The largest absolute Gasteiger partial charge is 0.469 e. The fourth-order valence-corrected chi connectivity index (χ4v) is 2.52. The summed E-state index contributed by atoms with van der Waals surface area (Å²) in [6, 6.07) is 0. The van der Waals surface area contributed by atoms with Gasteiger partial charge in [-0.25, -0.2) is 0 Å². The Bertz CT molecular complexity index is 196. The molecule has 1 rings (SSSR count). The molecule has 0 N–H and O–H groups in total. The highest BCUT2D eigenvalue weighted by Crippen LogP contribution is 2.20. The third-order valence-corrected chi connectivity index (χ3v) is 3.03. The summed E-state index contributed by atoms with van der Waals surface area (Å²) in [6.07, 6.45) is 2.81. The quantitative estimate of drug-likeness (QED) is 0.668. The SMILES string of the molecule is COC(=O)CCCN1C[C@@H](C)C[C@H](C)C1. The molecule has 88 valence electrons. The van der Waals surface area contributed by atoms with Crippen LogP contribution in [0, 0.1) is 11.8 Å². The number of carbonyl (C=O) groups is 1. The van der Waals surface area contributed by atoms with Crippen LogP contribution in [0.25, 0.3) is 0 Å². The van der Waals surface area contributed by atoms with Crippen LogP contribution in [0.1, 0.15) is 33.1 Å². The zero-order valence-corrected chi connectivity index (χ0v) is 10.2. The van der Waals surface area contributed by atoms with Gasteiger partial charge in [0.2, 0.25) is 0 Å². The van der Waals surface area contributed by atoms with Gasteiger partial charge in [0.15, 0.2) is 0 Å². The second-order valence-electron chi connectivity index (χ2n) is 4.89. The number of piperidine rings is 1. The maximum Gasteiger partial charge on any atom is 0.305 e. The summed E-state index contributed by atoms with van der Waals surface area (Å²) >= 11 is 0. The Morgan fingerprint density at radius 2 is 1.93 bits per heavy atom. The Morgan fingerprint density at radius 3 is 2.47 bits per heavy atom. The molecule has 1 aliphatic rings. The van der Waals surface area contributed by atoms with Crippen molar-refractivity contribution in [3.63, 3.8) is 0 Å². The summed E-state index contributed by atoms with van der Waals surface area (Å²) in [4.78, 5) is 13.4. The van der Waals surface area contributed by atoms with Gasteiger partial charge >= 0.3 is 5.97 Å². The zero-order chi connectivity index (χ0) is 11.3. The molecule has 0 saturated carbocycles. The molecule has 0 bridgehead atoms. The summed E-state index contributed by atoms with van der Waals surface area (Å²) in [5, 5.41) is 0. The minimum atomic E-state index is -0.0897. The third kappa shape index (κ3) is 4.65. The summed E-state index contributed by atoms with van der Waals surface area (Å²) in [5.74, 6) is 1.51. The fourth-order valence-electron chi connectivity index (χ4n) is 2.52. The van der Waals surface area contributed by atoms with Crippen molar-refractivity contribution in [2.24, 2.45) is 11.8 Å². The van der Waals surface area contributed by atoms with E-state index in [0.717, 1.165) is 24.8 Å². The van der Waals surface area contributed by atoms with Crippen molar-refractivity contribution in [3.05, 3.63) is 0 Å². The van der Waals surface area contributed by atoms with E-state index in [9.17, 15) is 4.79 Å². The lowest BCUT2D eigenvalue weighted by atomic mass is 9.92.